The normalized spacial score (nSPS) is 25.2. The van der Waals surface area contributed by atoms with Gasteiger partial charge in [0.2, 0.25) is 0 Å². The zero-order valence-electron chi connectivity index (χ0n) is 10.0. The molecule has 0 radical (unpaired) electrons. The van der Waals surface area contributed by atoms with Gasteiger partial charge in [0, 0.05) is 24.2 Å². The van der Waals surface area contributed by atoms with Crippen LogP contribution in [0.3, 0.4) is 0 Å². The van der Waals surface area contributed by atoms with E-state index in [-0.39, 0.29) is 18.2 Å². The monoisotopic (exact) mass is 261 g/mol. The van der Waals surface area contributed by atoms with Crippen molar-refractivity contribution >= 4 is 11.7 Å². The van der Waals surface area contributed by atoms with E-state index in [9.17, 15) is 22.8 Å². The van der Waals surface area contributed by atoms with Gasteiger partial charge in [0.05, 0.1) is 0 Å². The molecule has 0 saturated carbocycles. The molecule has 100 valence electrons. The van der Waals surface area contributed by atoms with Gasteiger partial charge < -0.3 is 4.90 Å². The highest BCUT2D eigenvalue weighted by Crippen LogP contribution is 2.36. The number of carbonyl (C=O) groups is 2. The number of halogens is 3. The van der Waals surface area contributed by atoms with E-state index in [0.29, 0.717) is 37.0 Å². The molecule has 0 unspecified atom stereocenters. The van der Waals surface area contributed by atoms with E-state index < -0.39 is 12.1 Å². The van der Waals surface area contributed by atoms with Crippen LogP contribution in [0.5, 0.6) is 0 Å². The Kier molecular flexibility index (Phi) is 3.21. The molecule has 0 saturated heterocycles. The SMILES string of the molecule is C[C@@H]1CC(=O)C2=C(C1)N(C(=O)C(F)(F)F)CCC2. The van der Waals surface area contributed by atoms with Crippen molar-refractivity contribution < 1.29 is 22.8 Å². The molecule has 1 heterocycles. The van der Waals surface area contributed by atoms with Crippen molar-refractivity contribution in [2.75, 3.05) is 6.54 Å². The van der Waals surface area contributed by atoms with Gasteiger partial charge in [-0.3, -0.25) is 9.59 Å². The number of hydrogen-bond donors (Lipinski definition) is 0. The third-order valence-electron chi connectivity index (χ3n) is 3.38. The molecule has 0 fully saturated rings. The van der Waals surface area contributed by atoms with Gasteiger partial charge in [-0.05, 0) is 25.2 Å². The number of alkyl halides is 3. The predicted octanol–water partition coefficient (Wildman–Crippen LogP) is 2.42. The maximum Gasteiger partial charge on any atom is 0.471 e. The number of carbonyl (C=O) groups excluding carboxylic acids is 2. The largest absolute Gasteiger partial charge is 0.471 e. The van der Waals surface area contributed by atoms with Crippen molar-refractivity contribution in [2.45, 2.75) is 38.8 Å². The van der Waals surface area contributed by atoms with Gasteiger partial charge in [-0.2, -0.15) is 13.2 Å². The molecule has 3 nitrogen and oxygen atoms in total. The van der Waals surface area contributed by atoms with Crippen molar-refractivity contribution in [2.24, 2.45) is 5.92 Å². The number of ketones is 1. The first-order valence-electron chi connectivity index (χ1n) is 5.94. The molecule has 0 spiro atoms. The number of allylic oxidation sites excluding steroid dienone is 2. The molecule has 1 atom stereocenters. The Hall–Kier alpha value is -1.33. The molecule has 0 N–H and O–H groups in total. The molecule has 0 aromatic heterocycles. The van der Waals surface area contributed by atoms with Gasteiger partial charge in [0.1, 0.15) is 0 Å². The summed E-state index contributed by atoms with van der Waals surface area (Å²) < 4.78 is 37.5. The Labute approximate surface area is 103 Å². The first-order chi connectivity index (χ1) is 8.30. The first-order valence-corrected chi connectivity index (χ1v) is 5.94. The predicted molar refractivity (Wildman–Crippen MR) is 57.4 cm³/mol. The summed E-state index contributed by atoms with van der Waals surface area (Å²) in [5.74, 6) is -1.96. The zero-order valence-corrected chi connectivity index (χ0v) is 10.0. The quantitative estimate of drug-likeness (QED) is 0.671. The Bertz CT molecular complexity index is 426. The summed E-state index contributed by atoms with van der Waals surface area (Å²) in [5.41, 5.74) is 0.726. The van der Waals surface area contributed by atoms with Crippen LogP contribution in [0, 0.1) is 5.92 Å². The molecule has 2 aliphatic rings. The molecular formula is C12H14F3NO2. The maximum absolute atomic E-state index is 12.5. The second kappa shape index (κ2) is 4.40. The highest BCUT2D eigenvalue weighted by Gasteiger charge is 2.45. The molecule has 2 rings (SSSR count). The number of amides is 1. The van der Waals surface area contributed by atoms with Gasteiger partial charge in [0.15, 0.2) is 5.78 Å². The Morgan fingerprint density at radius 3 is 2.61 bits per heavy atom. The average molecular weight is 261 g/mol. The minimum atomic E-state index is -4.88. The number of rotatable bonds is 0. The van der Waals surface area contributed by atoms with E-state index >= 15 is 0 Å². The lowest BCUT2D eigenvalue weighted by molar-refractivity contribution is -0.184. The van der Waals surface area contributed by atoms with Crippen molar-refractivity contribution in [1.82, 2.24) is 4.90 Å². The van der Waals surface area contributed by atoms with E-state index in [4.69, 9.17) is 0 Å². The van der Waals surface area contributed by atoms with Gasteiger partial charge in [-0.25, -0.2) is 0 Å². The molecule has 0 aromatic carbocycles. The topological polar surface area (TPSA) is 37.4 Å². The molecule has 0 aromatic rings. The van der Waals surface area contributed by atoms with E-state index in [0.717, 1.165) is 4.90 Å². The highest BCUT2D eigenvalue weighted by atomic mass is 19.4. The molecule has 1 amide bonds. The summed E-state index contributed by atoms with van der Waals surface area (Å²) in [6, 6.07) is 0. The summed E-state index contributed by atoms with van der Waals surface area (Å²) in [5, 5.41) is 0. The van der Waals surface area contributed by atoms with Gasteiger partial charge in [0.25, 0.3) is 0 Å². The fourth-order valence-corrected chi connectivity index (χ4v) is 2.61. The van der Waals surface area contributed by atoms with Crippen molar-refractivity contribution in [3.63, 3.8) is 0 Å². The standard InChI is InChI=1S/C12H14F3NO2/c1-7-5-9-8(10(17)6-7)3-2-4-16(9)11(18)12(13,14)15/h7H,2-6H2,1H3/t7-/m0/s1. The molecule has 1 aliphatic heterocycles. The summed E-state index contributed by atoms with van der Waals surface area (Å²) >= 11 is 0. The summed E-state index contributed by atoms with van der Waals surface area (Å²) in [7, 11) is 0. The third kappa shape index (κ3) is 2.28. The fraction of sp³-hybridized carbons (Fsp3) is 0.667. The van der Waals surface area contributed by atoms with Crippen molar-refractivity contribution in [3.8, 4) is 0 Å². The fourth-order valence-electron chi connectivity index (χ4n) is 2.61. The number of Topliss-reactive ketones (excluding diaryl/α,β-unsaturated/α-hetero) is 1. The minimum Gasteiger partial charge on any atom is -0.308 e. The molecule has 18 heavy (non-hydrogen) atoms. The lowest BCUT2D eigenvalue weighted by Gasteiger charge is -2.36. The third-order valence-corrected chi connectivity index (χ3v) is 3.38. The van der Waals surface area contributed by atoms with Gasteiger partial charge >= 0.3 is 12.1 Å². The lowest BCUT2D eigenvalue weighted by atomic mass is 9.83. The molecule has 0 bridgehead atoms. The smallest absolute Gasteiger partial charge is 0.308 e. The van der Waals surface area contributed by atoms with Crippen molar-refractivity contribution in [1.29, 1.82) is 0 Å². The molecular weight excluding hydrogens is 247 g/mol. The van der Waals surface area contributed by atoms with Crippen LogP contribution in [-0.4, -0.2) is 29.3 Å². The van der Waals surface area contributed by atoms with Gasteiger partial charge in [-0.15, -0.1) is 0 Å². The van der Waals surface area contributed by atoms with Crippen molar-refractivity contribution in [3.05, 3.63) is 11.3 Å². The second-order valence-corrected chi connectivity index (χ2v) is 4.92. The van der Waals surface area contributed by atoms with Crippen LogP contribution in [0.4, 0.5) is 13.2 Å². The Morgan fingerprint density at radius 1 is 1.33 bits per heavy atom. The van der Waals surface area contributed by atoms with Gasteiger partial charge in [-0.1, -0.05) is 6.92 Å². The van der Waals surface area contributed by atoms with Crippen LogP contribution in [0.15, 0.2) is 11.3 Å². The Morgan fingerprint density at radius 2 is 2.00 bits per heavy atom. The lowest BCUT2D eigenvalue weighted by Crippen LogP contribution is -2.45. The number of hydrogen-bond acceptors (Lipinski definition) is 2. The summed E-state index contributed by atoms with van der Waals surface area (Å²) in [6.07, 6.45) is -3.22. The van der Waals surface area contributed by atoms with Crippen LogP contribution in [-0.2, 0) is 9.59 Å². The van der Waals surface area contributed by atoms with Crippen LogP contribution in [0.1, 0.15) is 32.6 Å². The summed E-state index contributed by atoms with van der Waals surface area (Å²) in [6.45, 7) is 1.86. The van der Waals surface area contributed by atoms with Crippen LogP contribution >= 0.6 is 0 Å². The highest BCUT2D eigenvalue weighted by molar-refractivity contribution is 5.98. The second-order valence-electron chi connectivity index (χ2n) is 4.92. The Balaban J connectivity index is 2.35. The van der Waals surface area contributed by atoms with E-state index in [2.05, 4.69) is 0 Å². The van der Waals surface area contributed by atoms with E-state index in [1.54, 1.807) is 0 Å². The van der Waals surface area contributed by atoms with E-state index in [1.165, 1.54) is 0 Å². The molecule has 1 aliphatic carbocycles. The summed E-state index contributed by atoms with van der Waals surface area (Å²) in [4.78, 5) is 23.9. The maximum atomic E-state index is 12.5. The zero-order chi connectivity index (χ0) is 13.5. The van der Waals surface area contributed by atoms with Crippen LogP contribution in [0.2, 0.25) is 0 Å². The first kappa shape index (κ1) is 13.1. The van der Waals surface area contributed by atoms with E-state index in [1.807, 2.05) is 6.92 Å². The average Bonchev–Trinajstić information content (AvgIpc) is 2.26. The van der Waals surface area contributed by atoms with Crippen LogP contribution < -0.4 is 0 Å². The molecule has 6 heteroatoms. The minimum absolute atomic E-state index is 0.00196. The van der Waals surface area contributed by atoms with Crippen LogP contribution in [0.25, 0.3) is 0 Å². The number of nitrogens with zero attached hydrogens (tertiary/aromatic N) is 1.